The number of nitrogens with zero attached hydrogens (tertiary/aromatic N) is 2. The van der Waals surface area contributed by atoms with Crippen molar-refractivity contribution in [2.75, 3.05) is 18.6 Å². The third-order valence-electron chi connectivity index (χ3n) is 4.71. The van der Waals surface area contributed by atoms with E-state index in [0.717, 1.165) is 17.0 Å². The number of amides is 2. The highest BCUT2D eigenvalue weighted by Gasteiger charge is 2.36. The second kappa shape index (κ2) is 8.67. The van der Waals surface area contributed by atoms with Crippen molar-refractivity contribution in [2.45, 2.75) is 20.4 Å². The smallest absolute Gasteiger partial charge is 0.270 e. The largest absolute Gasteiger partial charge is 0.383 e. The van der Waals surface area contributed by atoms with E-state index < -0.39 is 11.8 Å². The van der Waals surface area contributed by atoms with E-state index in [9.17, 15) is 9.59 Å². The van der Waals surface area contributed by atoms with Gasteiger partial charge >= 0.3 is 0 Å². The summed E-state index contributed by atoms with van der Waals surface area (Å²) in [5.41, 5.74) is 2.96. The van der Waals surface area contributed by atoms with Crippen LogP contribution in [-0.4, -0.2) is 35.2 Å². The SMILES string of the molecule is COCCn1c(C)cc(C=C2C(=O)NC(=S)N(c3cccc(Cl)c3Cl)C2=O)c1C. The van der Waals surface area contributed by atoms with Gasteiger partial charge in [0.2, 0.25) is 0 Å². The fourth-order valence-corrected chi connectivity index (χ4v) is 3.85. The van der Waals surface area contributed by atoms with E-state index in [1.807, 2.05) is 19.9 Å². The molecule has 2 aromatic rings. The van der Waals surface area contributed by atoms with Crippen LogP contribution in [0.25, 0.3) is 6.08 Å². The highest BCUT2D eigenvalue weighted by molar-refractivity contribution is 7.80. The molecule has 3 rings (SSSR count). The molecule has 1 fully saturated rings. The average Bonchev–Trinajstić information content (AvgIpc) is 2.93. The van der Waals surface area contributed by atoms with Crippen LogP contribution >= 0.6 is 35.4 Å². The highest BCUT2D eigenvalue weighted by atomic mass is 35.5. The first-order chi connectivity index (χ1) is 13.8. The number of ether oxygens (including phenoxy) is 1. The van der Waals surface area contributed by atoms with Crippen molar-refractivity contribution in [1.29, 1.82) is 0 Å². The number of aromatic nitrogens is 1. The van der Waals surface area contributed by atoms with Crippen LogP contribution in [-0.2, 0) is 20.9 Å². The minimum atomic E-state index is -0.565. The summed E-state index contributed by atoms with van der Waals surface area (Å²) < 4.78 is 7.21. The van der Waals surface area contributed by atoms with Gasteiger partial charge < -0.3 is 9.30 Å². The molecule has 0 bridgehead atoms. The van der Waals surface area contributed by atoms with E-state index >= 15 is 0 Å². The Morgan fingerprint density at radius 2 is 1.97 bits per heavy atom. The first-order valence-corrected chi connectivity index (χ1v) is 9.93. The van der Waals surface area contributed by atoms with Crippen LogP contribution in [0.2, 0.25) is 10.0 Å². The van der Waals surface area contributed by atoms with Crippen molar-refractivity contribution >= 4 is 64.1 Å². The zero-order chi connectivity index (χ0) is 21.3. The number of methoxy groups -OCH3 is 1. The first-order valence-electron chi connectivity index (χ1n) is 8.77. The number of carbonyl (C=O) groups excluding carboxylic acids is 2. The van der Waals surface area contributed by atoms with Crippen molar-refractivity contribution in [3.63, 3.8) is 0 Å². The molecule has 0 saturated carbocycles. The molecule has 1 aliphatic heterocycles. The molecule has 1 aromatic heterocycles. The molecule has 152 valence electrons. The first kappa shape index (κ1) is 21.5. The molecule has 29 heavy (non-hydrogen) atoms. The third-order valence-corrected chi connectivity index (χ3v) is 5.80. The Hall–Kier alpha value is -2.19. The number of anilines is 1. The van der Waals surface area contributed by atoms with Crippen molar-refractivity contribution in [2.24, 2.45) is 0 Å². The number of hydrogen-bond donors (Lipinski definition) is 1. The molecule has 0 unspecified atom stereocenters. The molecule has 2 amide bonds. The predicted octanol–water partition coefficient (Wildman–Crippen LogP) is 3.89. The summed E-state index contributed by atoms with van der Waals surface area (Å²) in [6, 6.07) is 6.80. The molecule has 1 aliphatic rings. The molecule has 0 aliphatic carbocycles. The topological polar surface area (TPSA) is 63.6 Å². The Bertz CT molecular complexity index is 1050. The molecular formula is C20H19Cl2N3O3S. The second-order valence-electron chi connectivity index (χ2n) is 6.50. The molecule has 1 saturated heterocycles. The Labute approximate surface area is 184 Å². The monoisotopic (exact) mass is 451 g/mol. The number of rotatable bonds is 5. The molecule has 1 aromatic carbocycles. The van der Waals surface area contributed by atoms with Crippen LogP contribution in [0.15, 0.2) is 29.8 Å². The summed E-state index contributed by atoms with van der Waals surface area (Å²) in [5.74, 6) is -1.12. The van der Waals surface area contributed by atoms with Gasteiger partial charge in [0.05, 0.1) is 22.3 Å². The number of hydrogen-bond acceptors (Lipinski definition) is 4. The van der Waals surface area contributed by atoms with Gasteiger partial charge in [0, 0.05) is 25.0 Å². The van der Waals surface area contributed by atoms with Crippen LogP contribution in [0, 0.1) is 13.8 Å². The second-order valence-corrected chi connectivity index (χ2v) is 7.67. The van der Waals surface area contributed by atoms with Gasteiger partial charge in [-0.3, -0.25) is 19.8 Å². The maximum absolute atomic E-state index is 13.2. The van der Waals surface area contributed by atoms with Crippen LogP contribution in [0.1, 0.15) is 17.0 Å². The molecule has 2 heterocycles. The summed E-state index contributed by atoms with van der Waals surface area (Å²) in [5, 5.41) is 2.96. The van der Waals surface area contributed by atoms with Crippen LogP contribution < -0.4 is 10.2 Å². The summed E-state index contributed by atoms with van der Waals surface area (Å²) in [6.45, 7) is 5.12. The fourth-order valence-electron chi connectivity index (χ4n) is 3.20. The number of carbonyl (C=O) groups is 2. The zero-order valence-corrected chi connectivity index (χ0v) is 18.4. The summed E-state index contributed by atoms with van der Waals surface area (Å²) in [4.78, 5) is 26.9. The summed E-state index contributed by atoms with van der Waals surface area (Å²) in [6.07, 6.45) is 1.57. The lowest BCUT2D eigenvalue weighted by atomic mass is 10.1. The predicted molar refractivity (Wildman–Crippen MR) is 118 cm³/mol. The molecule has 0 atom stereocenters. The lowest BCUT2D eigenvalue weighted by Crippen LogP contribution is -2.54. The standard InChI is InChI=1S/C20H19Cl2N3O3S/c1-11-9-13(12(2)24(11)7-8-28-3)10-14-18(26)23-20(29)25(19(14)27)16-6-4-5-15(21)17(16)22/h4-6,9-10H,7-8H2,1-3H3,(H,23,26,29). The maximum Gasteiger partial charge on any atom is 0.270 e. The fraction of sp³-hybridized carbons (Fsp3) is 0.250. The zero-order valence-electron chi connectivity index (χ0n) is 16.1. The van der Waals surface area contributed by atoms with Crippen molar-refractivity contribution in [3.05, 3.63) is 56.8 Å². The molecule has 6 nitrogen and oxygen atoms in total. The number of benzene rings is 1. The van der Waals surface area contributed by atoms with E-state index in [-0.39, 0.29) is 20.7 Å². The van der Waals surface area contributed by atoms with E-state index in [2.05, 4.69) is 9.88 Å². The lowest BCUT2D eigenvalue weighted by Gasteiger charge is -2.29. The van der Waals surface area contributed by atoms with Gasteiger partial charge in [-0.25, -0.2) is 0 Å². The minimum Gasteiger partial charge on any atom is -0.383 e. The molecule has 0 radical (unpaired) electrons. The van der Waals surface area contributed by atoms with Gasteiger partial charge in [-0.15, -0.1) is 0 Å². The molecule has 0 spiro atoms. The Morgan fingerprint density at radius 1 is 1.24 bits per heavy atom. The van der Waals surface area contributed by atoms with Crippen LogP contribution in [0.3, 0.4) is 0 Å². The van der Waals surface area contributed by atoms with Crippen LogP contribution in [0.5, 0.6) is 0 Å². The van der Waals surface area contributed by atoms with Crippen molar-refractivity contribution in [3.8, 4) is 0 Å². The Morgan fingerprint density at radius 3 is 2.66 bits per heavy atom. The van der Waals surface area contributed by atoms with Gasteiger partial charge in [0.1, 0.15) is 5.57 Å². The van der Waals surface area contributed by atoms with Crippen LogP contribution in [0.4, 0.5) is 5.69 Å². The minimum absolute atomic E-state index is 0.0402. The van der Waals surface area contributed by atoms with Crippen molar-refractivity contribution < 1.29 is 14.3 Å². The summed E-state index contributed by atoms with van der Waals surface area (Å²) >= 11 is 17.6. The molecular weight excluding hydrogens is 433 g/mol. The van der Waals surface area contributed by atoms with Gasteiger partial charge in [-0.05, 0) is 55.9 Å². The molecule has 9 heteroatoms. The number of halogens is 2. The van der Waals surface area contributed by atoms with E-state index in [1.165, 1.54) is 4.90 Å². The van der Waals surface area contributed by atoms with E-state index in [1.54, 1.807) is 31.4 Å². The third kappa shape index (κ3) is 4.09. The summed E-state index contributed by atoms with van der Waals surface area (Å²) in [7, 11) is 1.64. The van der Waals surface area contributed by atoms with E-state index in [4.69, 9.17) is 40.2 Å². The van der Waals surface area contributed by atoms with E-state index in [0.29, 0.717) is 18.8 Å². The Kier molecular flexibility index (Phi) is 6.43. The molecule has 1 N–H and O–H groups in total. The normalized spacial score (nSPS) is 16.0. The van der Waals surface area contributed by atoms with Gasteiger partial charge in [-0.2, -0.15) is 0 Å². The van der Waals surface area contributed by atoms with Gasteiger partial charge in [0.25, 0.3) is 11.8 Å². The average molecular weight is 452 g/mol. The number of nitrogens with one attached hydrogen (secondary N) is 1. The Balaban J connectivity index is 2.04. The van der Waals surface area contributed by atoms with Crippen molar-refractivity contribution in [1.82, 2.24) is 9.88 Å². The number of thiocarbonyl (C=S) groups is 1. The van der Waals surface area contributed by atoms with Gasteiger partial charge in [-0.1, -0.05) is 29.3 Å². The number of aryl methyl sites for hydroxylation is 1. The van der Waals surface area contributed by atoms with Gasteiger partial charge in [0.15, 0.2) is 5.11 Å². The highest BCUT2D eigenvalue weighted by Crippen LogP contribution is 2.34. The quantitative estimate of drug-likeness (QED) is 0.425. The lowest BCUT2D eigenvalue weighted by molar-refractivity contribution is -0.122. The maximum atomic E-state index is 13.2.